The van der Waals surface area contributed by atoms with Crippen molar-refractivity contribution in [1.82, 2.24) is 0 Å². The number of carbonyl (C=O) groups excluding carboxylic acids is 2. The van der Waals surface area contributed by atoms with E-state index >= 15 is 0 Å². The van der Waals surface area contributed by atoms with E-state index in [1.54, 1.807) is 49.6 Å². The molecule has 0 fully saturated rings. The number of hydrogen-bond donors (Lipinski definition) is 0. The van der Waals surface area contributed by atoms with Gasteiger partial charge in [-0.3, -0.25) is 4.79 Å². The molecule has 29 heavy (non-hydrogen) atoms. The second kappa shape index (κ2) is 7.93. The fraction of sp³-hybridized carbons (Fsp3) is 0.0435. The minimum absolute atomic E-state index is 0.213. The van der Waals surface area contributed by atoms with Crippen LogP contribution in [0, 0.1) is 0 Å². The number of fused-ring (bicyclic) bond motifs is 1. The Bertz CT molecular complexity index is 1130. The monoisotopic (exact) mass is 450 g/mol. The Hall–Kier alpha value is -3.38. The van der Waals surface area contributed by atoms with E-state index in [-0.39, 0.29) is 11.5 Å². The van der Waals surface area contributed by atoms with Crippen LogP contribution in [0.3, 0.4) is 0 Å². The van der Waals surface area contributed by atoms with E-state index in [1.807, 2.05) is 24.3 Å². The molecule has 3 aromatic carbocycles. The number of halogens is 1. The lowest BCUT2D eigenvalue weighted by molar-refractivity contribution is 0.0734. The first kappa shape index (κ1) is 19.0. The third-order valence-electron chi connectivity index (χ3n) is 4.37. The summed E-state index contributed by atoms with van der Waals surface area (Å²) in [4.78, 5) is 24.9. The average Bonchev–Trinajstić information content (AvgIpc) is 3.04. The smallest absolute Gasteiger partial charge is 0.343 e. The van der Waals surface area contributed by atoms with Crippen LogP contribution in [-0.4, -0.2) is 18.9 Å². The molecular weight excluding hydrogens is 436 g/mol. The van der Waals surface area contributed by atoms with Crippen LogP contribution in [0.1, 0.15) is 26.3 Å². The Labute approximate surface area is 175 Å². The Kier molecular flexibility index (Phi) is 5.18. The van der Waals surface area contributed by atoms with Crippen LogP contribution >= 0.6 is 15.9 Å². The third kappa shape index (κ3) is 3.93. The van der Waals surface area contributed by atoms with Gasteiger partial charge in [-0.25, -0.2) is 4.79 Å². The molecule has 1 aliphatic rings. The van der Waals surface area contributed by atoms with Gasteiger partial charge in [0, 0.05) is 10.5 Å². The van der Waals surface area contributed by atoms with Crippen molar-refractivity contribution < 1.29 is 23.8 Å². The standard InChI is InChI=1S/C23H15BrO5/c1-27-16-8-6-14(7-9-16)23(26)28-17-10-11-18-20(13-17)29-21(22(18)25)12-15-4-2-3-5-19(15)24/h2-13H,1H3. The minimum atomic E-state index is -0.513. The van der Waals surface area contributed by atoms with Crippen molar-refractivity contribution in [2.75, 3.05) is 7.11 Å². The molecule has 0 radical (unpaired) electrons. The molecule has 0 spiro atoms. The highest BCUT2D eigenvalue weighted by Crippen LogP contribution is 2.35. The molecule has 0 amide bonds. The first-order valence-corrected chi connectivity index (χ1v) is 9.53. The van der Waals surface area contributed by atoms with Crippen LogP contribution in [0.25, 0.3) is 6.08 Å². The normalized spacial score (nSPS) is 13.7. The molecule has 5 nitrogen and oxygen atoms in total. The lowest BCUT2D eigenvalue weighted by Crippen LogP contribution is -2.08. The molecule has 0 aromatic heterocycles. The molecule has 0 atom stereocenters. The summed E-state index contributed by atoms with van der Waals surface area (Å²) >= 11 is 3.45. The van der Waals surface area contributed by atoms with E-state index in [4.69, 9.17) is 14.2 Å². The number of hydrogen-bond acceptors (Lipinski definition) is 5. The number of Topliss-reactive ketones (excluding diaryl/α,β-unsaturated/α-hetero) is 1. The van der Waals surface area contributed by atoms with Gasteiger partial charge in [0.1, 0.15) is 17.2 Å². The van der Waals surface area contributed by atoms with E-state index in [0.717, 1.165) is 10.0 Å². The number of ketones is 1. The second-order valence-corrected chi connectivity index (χ2v) is 7.09. The molecule has 0 bridgehead atoms. The minimum Gasteiger partial charge on any atom is -0.497 e. The van der Waals surface area contributed by atoms with Gasteiger partial charge < -0.3 is 14.2 Å². The average molecular weight is 451 g/mol. The van der Waals surface area contributed by atoms with Gasteiger partial charge in [0.15, 0.2) is 5.76 Å². The fourth-order valence-corrected chi connectivity index (χ4v) is 3.26. The Morgan fingerprint density at radius 3 is 2.45 bits per heavy atom. The van der Waals surface area contributed by atoms with E-state index in [1.165, 1.54) is 6.07 Å². The van der Waals surface area contributed by atoms with Crippen LogP contribution in [-0.2, 0) is 0 Å². The lowest BCUT2D eigenvalue weighted by atomic mass is 10.1. The first-order chi connectivity index (χ1) is 14.0. The van der Waals surface area contributed by atoms with Crippen molar-refractivity contribution in [3.05, 3.63) is 93.7 Å². The maximum absolute atomic E-state index is 12.6. The van der Waals surface area contributed by atoms with Crippen molar-refractivity contribution in [1.29, 1.82) is 0 Å². The molecule has 6 heteroatoms. The van der Waals surface area contributed by atoms with Gasteiger partial charge in [-0.05, 0) is 54.1 Å². The summed E-state index contributed by atoms with van der Waals surface area (Å²) in [5.41, 5.74) is 1.64. The summed E-state index contributed by atoms with van der Waals surface area (Å²) in [6.45, 7) is 0. The quantitative estimate of drug-likeness (QED) is 0.306. The first-order valence-electron chi connectivity index (χ1n) is 8.74. The fourth-order valence-electron chi connectivity index (χ4n) is 2.86. The predicted octanol–water partition coefficient (Wildman–Crippen LogP) is 5.29. The predicted molar refractivity (Wildman–Crippen MR) is 111 cm³/mol. The van der Waals surface area contributed by atoms with E-state index in [2.05, 4.69) is 15.9 Å². The molecule has 3 aromatic rings. The number of allylic oxidation sites excluding steroid dienone is 1. The van der Waals surface area contributed by atoms with Crippen LogP contribution in [0.4, 0.5) is 0 Å². The van der Waals surface area contributed by atoms with Gasteiger partial charge in [0.05, 0.1) is 18.2 Å². The van der Waals surface area contributed by atoms with Crippen molar-refractivity contribution in [3.63, 3.8) is 0 Å². The highest BCUT2D eigenvalue weighted by Gasteiger charge is 2.28. The van der Waals surface area contributed by atoms with Crippen molar-refractivity contribution in [2.24, 2.45) is 0 Å². The maximum atomic E-state index is 12.6. The molecule has 0 saturated carbocycles. The van der Waals surface area contributed by atoms with Crippen molar-refractivity contribution in [2.45, 2.75) is 0 Å². The molecule has 0 unspecified atom stereocenters. The molecule has 1 aliphatic heterocycles. The van der Waals surface area contributed by atoms with E-state index < -0.39 is 5.97 Å². The zero-order valence-corrected chi connectivity index (χ0v) is 16.9. The topological polar surface area (TPSA) is 61.8 Å². The van der Waals surface area contributed by atoms with Crippen molar-refractivity contribution in [3.8, 4) is 17.2 Å². The molecule has 1 heterocycles. The van der Waals surface area contributed by atoms with Crippen molar-refractivity contribution >= 4 is 33.8 Å². The Morgan fingerprint density at radius 2 is 1.72 bits per heavy atom. The Morgan fingerprint density at radius 1 is 1.00 bits per heavy atom. The van der Waals surface area contributed by atoms with Crippen LogP contribution < -0.4 is 14.2 Å². The summed E-state index contributed by atoms with van der Waals surface area (Å²) in [6.07, 6.45) is 1.68. The van der Waals surface area contributed by atoms with Crippen LogP contribution in [0.2, 0.25) is 0 Å². The highest BCUT2D eigenvalue weighted by atomic mass is 79.9. The maximum Gasteiger partial charge on any atom is 0.343 e. The SMILES string of the molecule is COc1ccc(C(=O)Oc2ccc3c(c2)OC(=Cc2ccccc2Br)C3=O)cc1. The molecule has 0 aliphatic carbocycles. The number of methoxy groups -OCH3 is 1. The van der Waals surface area contributed by atoms with Gasteiger partial charge in [0.2, 0.25) is 5.78 Å². The van der Waals surface area contributed by atoms with Crippen LogP contribution in [0.5, 0.6) is 17.2 Å². The highest BCUT2D eigenvalue weighted by molar-refractivity contribution is 9.10. The lowest BCUT2D eigenvalue weighted by Gasteiger charge is -2.06. The molecule has 0 N–H and O–H groups in total. The summed E-state index contributed by atoms with van der Waals surface area (Å²) in [5, 5.41) is 0. The van der Waals surface area contributed by atoms with Gasteiger partial charge in [-0.15, -0.1) is 0 Å². The summed E-state index contributed by atoms with van der Waals surface area (Å²) in [7, 11) is 1.55. The van der Waals surface area contributed by atoms with Gasteiger partial charge in [-0.1, -0.05) is 34.1 Å². The number of esters is 1. The number of benzene rings is 3. The summed E-state index contributed by atoms with van der Waals surface area (Å²) in [5.74, 6) is 0.776. The van der Waals surface area contributed by atoms with E-state index in [0.29, 0.717) is 28.4 Å². The largest absolute Gasteiger partial charge is 0.497 e. The van der Waals surface area contributed by atoms with E-state index in [9.17, 15) is 9.59 Å². The summed E-state index contributed by atoms with van der Waals surface area (Å²) < 4.78 is 17.1. The number of ether oxygens (including phenoxy) is 3. The number of carbonyl (C=O) groups is 2. The van der Waals surface area contributed by atoms with Gasteiger partial charge >= 0.3 is 5.97 Å². The van der Waals surface area contributed by atoms with Crippen LogP contribution in [0.15, 0.2) is 77.0 Å². The summed E-state index contributed by atoms with van der Waals surface area (Å²) in [6, 6.07) is 18.8. The number of rotatable bonds is 4. The molecular formula is C23H15BrO5. The molecule has 0 saturated heterocycles. The zero-order chi connectivity index (χ0) is 20.4. The third-order valence-corrected chi connectivity index (χ3v) is 5.09. The van der Waals surface area contributed by atoms with Gasteiger partial charge in [-0.2, -0.15) is 0 Å². The second-order valence-electron chi connectivity index (χ2n) is 6.24. The molecule has 144 valence electrons. The van der Waals surface area contributed by atoms with Gasteiger partial charge in [0.25, 0.3) is 0 Å². The Balaban J connectivity index is 1.54. The molecule has 4 rings (SSSR count). The zero-order valence-electron chi connectivity index (χ0n) is 15.3.